The lowest BCUT2D eigenvalue weighted by molar-refractivity contribution is 0.0388. The van der Waals surface area contributed by atoms with Gasteiger partial charge in [0.15, 0.2) is 0 Å². The molecule has 0 aliphatic heterocycles. The number of hydrogen-bond acceptors (Lipinski definition) is 1. The zero-order valence-corrected chi connectivity index (χ0v) is 10.7. The number of aliphatic hydroxyl groups is 1. The molecule has 0 fully saturated rings. The Balaban J connectivity index is 1.96. The second kappa shape index (κ2) is 4.25. The SMILES string of the molecule is Cc1ccccc1CC1(O)CCc2ccccc21. The summed E-state index contributed by atoms with van der Waals surface area (Å²) in [6.07, 6.45) is 2.54. The molecule has 0 amide bonds. The Morgan fingerprint density at radius 1 is 1.06 bits per heavy atom. The first-order valence-electron chi connectivity index (χ1n) is 6.54. The number of aryl methyl sites for hydroxylation is 2. The van der Waals surface area contributed by atoms with Crippen molar-refractivity contribution in [2.24, 2.45) is 0 Å². The quantitative estimate of drug-likeness (QED) is 0.850. The van der Waals surface area contributed by atoms with Gasteiger partial charge in [-0.3, -0.25) is 0 Å². The van der Waals surface area contributed by atoms with Gasteiger partial charge in [0.2, 0.25) is 0 Å². The van der Waals surface area contributed by atoms with Crippen LogP contribution in [0.25, 0.3) is 0 Å². The van der Waals surface area contributed by atoms with E-state index in [1.807, 2.05) is 18.2 Å². The van der Waals surface area contributed by atoms with Crippen molar-refractivity contribution in [1.82, 2.24) is 0 Å². The second-order valence-electron chi connectivity index (χ2n) is 5.29. The zero-order valence-electron chi connectivity index (χ0n) is 10.7. The summed E-state index contributed by atoms with van der Waals surface area (Å²) < 4.78 is 0. The molecule has 1 aliphatic rings. The van der Waals surface area contributed by atoms with Gasteiger partial charge >= 0.3 is 0 Å². The van der Waals surface area contributed by atoms with E-state index in [9.17, 15) is 5.11 Å². The van der Waals surface area contributed by atoms with Crippen molar-refractivity contribution in [2.75, 3.05) is 0 Å². The molecule has 3 rings (SSSR count). The van der Waals surface area contributed by atoms with Gasteiger partial charge in [-0.25, -0.2) is 0 Å². The summed E-state index contributed by atoms with van der Waals surface area (Å²) in [5.74, 6) is 0. The molecular formula is C17H18O. The Morgan fingerprint density at radius 2 is 1.78 bits per heavy atom. The van der Waals surface area contributed by atoms with Gasteiger partial charge in [-0.1, -0.05) is 48.5 Å². The maximum Gasteiger partial charge on any atom is 0.0942 e. The Labute approximate surface area is 108 Å². The molecule has 1 nitrogen and oxygen atoms in total. The fourth-order valence-corrected chi connectivity index (χ4v) is 2.98. The molecule has 1 N–H and O–H groups in total. The average Bonchev–Trinajstić information content (AvgIpc) is 2.71. The topological polar surface area (TPSA) is 20.2 Å². The first-order chi connectivity index (χ1) is 8.69. The lowest BCUT2D eigenvalue weighted by atomic mass is 9.87. The van der Waals surface area contributed by atoms with Crippen molar-refractivity contribution < 1.29 is 5.11 Å². The van der Waals surface area contributed by atoms with Crippen LogP contribution in [0.5, 0.6) is 0 Å². The molecule has 18 heavy (non-hydrogen) atoms. The molecule has 1 aliphatic carbocycles. The standard InChI is InChI=1S/C17H18O/c1-13-6-2-3-8-15(13)12-17(18)11-10-14-7-4-5-9-16(14)17/h2-9,18H,10-12H2,1H3. The molecule has 92 valence electrons. The van der Waals surface area contributed by atoms with Crippen molar-refractivity contribution in [3.8, 4) is 0 Å². The number of benzene rings is 2. The molecule has 2 aromatic carbocycles. The van der Waals surface area contributed by atoms with Crippen LogP contribution < -0.4 is 0 Å². The van der Waals surface area contributed by atoms with E-state index in [0.717, 1.165) is 24.8 Å². The summed E-state index contributed by atoms with van der Waals surface area (Å²) in [4.78, 5) is 0. The largest absolute Gasteiger partial charge is 0.385 e. The molecular weight excluding hydrogens is 220 g/mol. The third kappa shape index (κ3) is 1.85. The van der Waals surface area contributed by atoms with E-state index < -0.39 is 5.60 Å². The summed E-state index contributed by atoms with van der Waals surface area (Å²) >= 11 is 0. The van der Waals surface area contributed by atoms with Gasteiger partial charge in [-0.05, 0) is 42.0 Å². The highest BCUT2D eigenvalue weighted by Gasteiger charge is 2.36. The van der Waals surface area contributed by atoms with Gasteiger partial charge in [0.1, 0.15) is 0 Å². The minimum Gasteiger partial charge on any atom is -0.385 e. The van der Waals surface area contributed by atoms with Gasteiger partial charge in [-0.15, -0.1) is 0 Å². The molecule has 0 saturated carbocycles. The van der Waals surface area contributed by atoms with E-state index in [4.69, 9.17) is 0 Å². The highest BCUT2D eigenvalue weighted by molar-refractivity contribution is 5.39. The predicted molar refractivity (Wildman–Crippen MR) is 73.5 cm³/mol. The van der Waals surface area contributed by atoms with Crippen LogP contribution in [0.15, 0.2) is 48.5 Å². The predicted octanol–water partition coefficient (Wildman–Crippen LogP) is 3.37. The molecule has 0 spiro atoms. The third-order valence-electron chi connectivity index (χ3n) is 4.07. The highest BCUT2D eigenvalue weighted by Crippen LogP contribution is 2.39. The van der Waals surface area contributed by atoms with E-state index in [1.165, 1.54) is 16.7 Å². The summed E-state index contributed by atoms with van der Waals surface area (Å²) in [5.41, 5.74) is 4.25. The lowest BCUT2D eigenvalue weighted by Crippen LogP contribution is -2.25. The van der Waals surface area contributed by atoms with Crippen LogP contribution in [0, 0.1) is 6.92 Å². The molecule has 1 atom stereocenters. The van der Waals surface area contributed by atoms with E-state index in [1.54, 1.807) is 0 Å². The normalized spacial score (nSPS) is 21.9. The Hall–Kier alpha value is -1.60. The molecule has 0 saturated heterocycles. The number of hydrogen-bond donors (Lipinski definition) is 1. The van der Waals surface area contributed by atoms with Crippen LogP contribution in [0.4, 0.5) is 0 Å². The summed E-state index contributed by atoms with van der Waals surface area (Å²) in [6.45, 7) is 2.11. The van der Waals surface area contributed by atoms with Crippen LogP contribution in [0.3, 0.4) is 0 Å². The van der Waals surface area contributed by atoms with E-state index in [2.05, 4.69) is 37.3 Å². The maximum absolute atomic E-state index is 10.9. The Morgan fingerprint density at radius 3 is 2.61 bits per heavy atom. The van der Waals surface area contributed by atoms with Crippen molar-refractivity contribution >= 4 is 0 Å². The third-order valence-corrected chi connectivity index (χ3v) is 4.07. The van der Waals surface area contributed by atoms with Crippen molar-refractivity contribution in [3.05, 3.63) is 70.8 Å². The summed E-state index contributed by atoms with van der Waals surface area (Å²) in [7, 11) is 0. The van der Waals surface area contributed by atoms with E-state index in [-0.39, 0.29) is 0 Å². The van der Waals surface area contributed by atoms with Crippen molar-refractivity contribution in [1.29, 1.82) is 0 Å². The smallest absolute Gasteiger partial charge is 0.0942 e. The minimum absolute atomic E-state index is 0.678. The number of fused-ring (bicyclic) bond motifs is 1. The maximum atomic E-state index is 10.9. The molecule has 1 unspecified atom stereocenters. The zero-order chi connectivity index (χ0) is 12.6. The molecule has 0 bridgehead atoms. The van der Waals surface area contributed by atoms with Crippen LogP contribution in [0.1, 0.15) is 28.7 Å². The van der Waals surface area contributed by atoms with Crippen LogP contribution in [-0.2, 0) is 18.4 Å². The fourth-order valence-electron chi connectivity index (χ4n) is 2.98. The van der Waals surface area contributed by atoms with Crippen LogP contribution >= 0.6 is 0 Å². The highest BCUT2D eigenvalue weighted by atomic mass is 16.3. The van der Waals surface area contributed by atoms with Gasteiger partial charge in [0.25, 0.3) is 0 Å². The first kappa shape index (κ1) is 11.5. The monoisotopic (exact) mass is 238 g/mol. The minimum atomic E-state index is -0.678. The second-order valence-corrected chi connectivity index (χ2v) is 5.29. The molecule has 0 radical (unpaired) electrons. The van der Waals surface area contributed by atoms with Gasteiger partial charge in [-0.2, -0.15) is 0 Å². The van der Waals surface area contributed by atoms with E-state index >= 15 is 0 Å². The van der Waals surface area contributed by atoms with Gasteiger partial charge in [0.05, 0.1) is 5.60 Å². The summed E-state index contributed by atoms with van der Waals surface area (Å²) in [5, 5.41) is 10.9. The molecule has 2 aromatic rings. The summed E-state index contributed by atoms with van der Waals surface area (Å²) in [6, 6.07) is 16.6. The number of rotatable bonds is 2. The lowest BCUT2D eigenvalue weighted by Gasteiger charge is -2.25. The molecule has 0 aromatic heterocycles. The van der Waals surface area contributed by atoms with Gasteiger partial charge < -0.3 is 5.11 Å². The molecule has 1 heteroatoms. The Bertz CT molecular complexity index is 573. The van der Waals surface area contributed by atoms with Crippen LogP contribution in [-0.4, -0.2) is 5.11 Å². The van der Waals surface area contributed by atoms with Crippen LogP contribution in [0.2, 0.25) is 0 Å². The van der Waals surface area contributed by atoms with Crippen molar-refractivity contribution in [3.63, 3.8) is 0 Å². The Kier molecular flexibility index (Phi) is 2.71. The molecule has 0 heterocycles. The average molecular weight is 238 g/mol. The van der Waals surface area contributed by atoms with Gasteiger partial charge in [0, 0.05) is 6.42 Å². The fraction of sp³-hybridized carbons (Fsp3) is 0.294. The van der Waals surface area contributed by atoms with E-state index in [0.29, 0.717) is 0 Å². The van der Waals surface area contributed by atoms with Crippen molar-refractivity contribution in [2.45, 2.75) is 31.8 Å². The first-order valence-corrected chi connectivity index (χ1v) is 6.54.